The van der Waals surface area contributed by atoms with E-state index in [1.807, 2.05) is 6.07 Å². The van der Waals surface area contributed by atoms with Crippen LogP contribution in [0.1, 0.15) is 47.1 Å². The van der Waals surface area contributed by atoms with Crippen molar-refractivity contribution in [3.05, 3.63) is 76.6 Å². The fraction of sp³-hybridized carbons (Fsp3) is 0.259. The first-order valence-electron chi connectivity index (χ1n) is 11.2. The van der Waals surface area contributed by atoms with Gasteiger partial charge in [0, 0.05) is 34.7 Å². The van der Waals surface area contributed by atoms with Gasteiger partial charge in [-0.3, -0.25) is 4.79 Å². The molecule has 2 aliphatic rings. The zero-order valence-electron chi connectivity index (χ0n) is 18.9. The molecule has 0 saturated carbocycles. The van der Waals surface area contributed by atoms with Crippen molar-refractivity contribution >= 4 is 5.97 Å². The molecule has 2 atom stereocenters. The monoisotopic (exact) mass is 475 g/mol. The van der Waals surface area contributed by atoms with Crippen LogP contribution in [0.2, 0.25) is 0 Å². The smallest absolute Gasteiger partial charge is 0.304 e. The van der Waals surface area contributed by atoms with Gasteiger partial charge in [0.05, 0.1) is 25.7 Å². The van der Waals surface area contributed by atoms with Gasteiger partial charge in [0.15, 0.2) is 0 Å². The lowest BCUT2D eigenvalue weighted by atomic mass is 9.98. The maximum absolute atomic E-state index is 14.9. The van der Waals surface area contributed by atoms with Crippen LogP contribution in [0.4, 0.5) is 4.39 Å². The number of nitrogens with zero attached hydrogens (tertiary/aromatic N) is 1. The second-order valence-electron chi connectivity index (χ2n) is 8.46. The average molecular weight is 475 g/mol. The number of aliphatic carboxylic acids is 1. The highest BCUT2D eigenvalue weighted by atomic mass is 19.1. The molecule has 1 N–H and O–H groups in total. The molecular formula is C27H22FNO6. The zero-order chi connectivity index (χ0) is 24.5. The predicted octanol–water partition coefficient (Wildman–Crippen LogP) is 5.52. The Bertz CT molecular complexity index is 1350. The highest BCUT2D eigenvalue weighted by Crippen LogP contribution is 2.44. The Morgan fingerprint density at radius 2 is 2.00 bits per heavy atom. The van der Waals surface area contributed by atoms with Gasteiger partial charge < -0.3 is 24.1 Å². The van der Waals surface area contributed by atoms with Crippen molar-refractivity contribution in [2.24, 2.45) is 0 Å². The molecule has 0 fully saturated rings. The van der Waals surface area contributed by atoms with Gasteiger partial charge in [-0.1, -0.05) is 6.07 Å². The molecule has 0 bridgehead atoms. The number of halogens is 1. The Balaban J connectivity index is 1.37. The number of hydrogen-bond donors (Lipinski definition) is 1. The molecular weight excluding hydrogens is 453 g/mol. The predicted molar refractivity (Wildman–Crippen MR) is 123 cm³/mol. The quantitative estimate of drug-likeness (QED) is 0.481. The lowest BCUT2D eigenvalue weighted by Crippen LogP contribution is -2.07. The summed E-state index contributed by atoms with van der Waals surface area (Å²) in [5.74, 6) is 1.09. The SMILES string of the molecule is COc1cc(Oc2ccc(F)c3c2CC[C@H]3Oc2ccc3c(c2)OC[C@H]3CC(=O)O)ccc1C#N. The molecule has 35 heavy (non-hydrogen) atoms. The molecule has 7 nitrogen and oxygen atoms in total. The molecule has 3 aromatic carbocycles. The van der Waals surface area contributed by atoms with Crippen LogP contribution in [0, 0.1) is 17.1 Å². The summed E-state index contributed by atoms with van der Waals surface area (Å²) in [6.45, 7) is 0.312. The summed E-state index contributed by atoms with van der Waals surface area (Å²) in [6.07, 6.45) is 0.645. The van der Waals surface area contributed by atoms with Crippen LogP contribution in [0.3, 0.4) is 0 Å². The number of carboxylic acid groups (broad SMARTS) is 1. The Hall–Kier alpha value is -4.25. The lowest BCUT2D eigenvalue weighted by molar-refractivity contribution is -0.137. The topological polar surface area (TPSA) is 98.0 Å². The Morgan fingerprint density at radius 3 is 2.77 bits per heavy atom. The number of fused-ring (bicyclic) bond motifs is 2. The Labute approximate surface area is 201 Å². The molecule has 0 amide bonds. The van der Waals surface area contributed by atoms with E-state index in [4.69, 9.17) is 24.1 Å². The maximum atomic E-state index is 14.9. The van der Waals surface area contributed by atoms with Crippen molar-refractivity contribution in [2.75, 3.05) is 13.7 Å². The minimum atomic E-state index is -0.873. The standard InChI is InChI=1S/C27H22FNO6/c1-32-24-11-17(3-2-15(24)13-29)34-22-9-7-21(28)27-20(22)6-8-23(27)35-18-4-5-19-16(10-26(30)31)14-33-25(19)12-18/h2-5,7,9,11-12,16,23H,6,8,10,14H2,1H3,(H,30,31)/t16-,23-/m1/s1. The third kappa shape index (κ3) is 4.33. The van der Waals surface area contributed by atoms with Crippen LogP contribution in [0.5, 0.6) is 28.7 Å². The largest absolute Gasteiger partial charge is 0.495 e. The number of hydrogen-bond acceptors (Lipinski definition) is 6. The summed E-state index contributed by atoms with van der Waals surface area (Å²) in [6, 6.07) is 15.2. The van der Waals surface area contributed by atoms with Gasteiger partial charge in [-0.05, 0) is 43.2 Å². The van der Waals surface area contributed by atoms with Crippen LogP contribution >= 0.6 is 0 Å². The van der Waals surface area contributed by atoms with Crippen LogP contribution in [-0.2, 0) is 11.2 Å². The summed E-state index contributed by atoms with van der Waals surface area (Å²) in [7, 11) is 1.48. The van der Waals surface area contributed by atoms with E-state index in [0.29, 0.717) is 59.3 Å². The minimum Gasteiger partial charge on any atom is -0.495 e. The van der Waals surface area contributed by atoms with Crippen molar-refractivity contribution in [3.63, 3.8) is 0 Å². The molecule has 0 saturated heterocycles. The fourth-order valence-corrected chi connectivity index (χ4v) is 4.68. The first-order valence-corrected chi connectivity index (χ1v) is 11.2. The van der Waals surface area contributed by atoms with E-state index in [1.54, 1.807) is 36.4 Å². The molecule has 1 aliphatic carbocycles. The van der Waals surface area contributed by atoms with Crippen LogP contribution < -0.4 is 18.9 Å². The second-order valence-corrected chi connectivity index (χ2v) is 8.46. The van der Waals surface area contributed by atoms with E-state index in [-0.39, 0.29) is 18.2 Å². The maximum Gasteiger partial charge on any atom is 0.304 e. The van der Waals surface area contributed by atoms with Gasteiger partial charge in [0.1, 0.15) is 46.7 Å². The van der Waals surface area contributed by atoms with Gasteiger partial charge >= 0.3 is 5.97 Å². The number of methoxy groups -OCH3 is 1. The first kappa shape index (κ1) is 22.5. The molecule has 5 rings (SSSR count). The molecule has 8 heteroatoms. The summed E-state index contributed by atoms with van der Waals surface area (Å²) in [5.41, 5.74) is 2.42. The average Bonchev–Trinajstić information content (AvgIpc) is 3.45. The molecule has 0 spiro atoms. The van der Waals surface area contributed by atoms with Crippen molar-refractivity contribution in [2.45, 2.75) is 31.3 Å². The van der Waals surface area contributed by atoms with E-state index in [2.05, 4.69) is 6.07 Å². The van der Waals surface area contributed by atoms with Crippen molar-refractivity contribution < 1.29 is 33.2 Å². The number of benzene rings is 3. The Kier molecular flexibility index (Phi) is 5.91. The number of ether oxygens (including phenoxy) is 4. The lowest BCUT2D eigenvalue weighted by Gasteiger charge is -2.17. The van der Waals surface area contributed by atoms with E-state index < -0.39 is 12.1 Å². The van der Waals surface area contributed by atoms with Crippen LogP contribution in [0.25, 0.3) is 0 Å². The molecule has 3 aromatic rings. The van der Waals surface area contributed by atoms with E-state index >= 15 is 0 Å². The Morgan fingerprint density at radius 1 is 1.17 bits per heavy atom. The highest BCUT2D eigenvalue weighted by molar-refractivity contribution is 5.69. The van der Waals surface area contributed by atoms with Gasteiger partial charge in [-0.15, -0.1) is 0 Å². The molecule has 1 aliphatic heterocycles. The van der Waals surface area contributed by atoms with E-state index in [9.17, 15) is 14.4 Å². The summed E-state index contributed by atoms with van der Waals surface area (Å²) >= 11 is 0. The molecule has 0 radical (unpaired) electrons. The highest BCUT2D eigenvalue weighted by Gasteiger charge is 2.32. The van der Waals surface area contributed by atoms with Gasteiger partial charge in [-0.2, -0.15) is 5.26 Å². The number of nitriles is 1. The van der Waals surface area contributed by atoms with Crippen molar-refractivity contribution in [3.8, 4) is 34.8 Å². The summed E-state index contributed by atoms with van der Waals surface area (Å²) in [5, 5.41) is 18.3. The van der Waals surface area contributed by atoms with Crippen molar-refractivity contribution in [1.82, 2.24) is 0 Å². The van der Waals surface area contributed by atoms with E-state index in [0.717, 1.165) is 11.1 Å². The number of carbonyl (C=O) groups is 1. The third-order valence-corrected chi connectivity index (χ3v) is 6.32. The number of carboxylic acids is 1. The summed E-state index contributed by atoms with van der Waals surface area (Å²) < 4.78 is 38.0. The molecule has 178 valence electrons. The van der Waals surface area contributed by atoms with Crippen LogP contribution in [-0.4, -0.2) is 24.8 Å². The van der Waals surface area contributed by atoms with Gasteiger partial charge in [0.2, 0.25) is 0 Å². The summed E-state index contributed by atoms with van der Waals surface area (Å²) in [4.78, 5) is 11.1. The molecule has 0 unspecified atom stereocenters. The fourth-order valence-electron chi connectivity index (χ4n) is 4.68. The van der Waals surface area contributed by atoms with E-state index in [1.165, 1.54) is 13.2 Å². The number of rotatable bonds is 7. The zero-order valence-corrected chi connectivity index (χ0v) is 18.9. The second kappa shape index (κ2) is 9.18. The first-order chi connectivity index (χ1) is 17.0. The normalized spacial score (nSPS) is 17.6. The molecule has 1 heterocycles. The third-order valence-electron chi connectivity index (χ3n) is 6.32. The van der Waals surface area contributed by atoms with Gasteiger partial charge in [0.25, 0.3) is 0 Å². The van der Waals surface area contributed by atoms with Gasteiger partial charge in [-0.25, -0.2) is 4.39 Å². The van der Waals surface area contributed by atoms with Crippen LogP contribution in [0.15, 0.2) is 48.5 Å². The minimum absolute atomic E-state index is 0.00229. The van der Waals surface area contributed by atoms with Crippen molar-refractivity contribution in [1.29, 1.82) is 5.26 Å². The molecule has 0 aromatic heterocycles.